The molecule has 0 aliphatic rings. The van der Waals surface area contributed by atoms with Crippen molar-refractivity contribution >= 4 is 11.9 Å². The van der Waals surface area contributed by atoms with Crippen LogP contribution in [-0.2, 0) is 6.54 Å². The summed E-state index contributed by atoms with van der Waals surface area (Å²) in [4.78, 5) is 16.6. The van der Waals surface area contributed by atoms with E-state index >= 15 is 0 Å². The molecule has 0 bridgehead atoms. The van der Waals surface area contributed by atoms with Crippen molar-refractivity contribution in [2.75, 3.05) is 26.2 Å². The van der Waals surface area contributed by atoms with Crippen LogP contribution in [0.3, 0.4) is 0 Å². The molecule has 0 saturated heterocycles. The number of carbonyl (C=O) groups excluding carboxylic acids is 1. The fraction of sp³-hybridized carbons (Fsp3) is 0.600. The quantitative estimate of drug-likeness (QED) is 0.359. The number of aliphatic hydroxyl groups is 1. The minimum absolute atomic E-state index is 0.0604. The molecule has 0 aliphatic heterocycles. The first-order valence-corrected chi connectivity index (χ1v) is 9.64. The van der Waals surface area contributed by atoms with Gasteiger partial charge in [-0.2, -0.15) is 0 Å². The second-order valence-corrected chi connectivity index (χ2v) is 6.30. The Bertz CT molecular complexity index is 554. The van der Waals surface area contributed by atoms with E-state index in [1.165, 1.54) is 0 Å². The molecular formula is C20H34N4O2. The molecule has 0 spiro atoms. The molecule has 1 rings (SSSR count). The number of hydrogen-bond acceptors (Lipinski definition) is 3. The van der Waals surface area contributed by atoms with Gasteiger partial charge in [-0.25, -0.2) is 4.99 Å². The zero-order valence-electron chi connectivity index (χ0n) is 16.3. The monoisotopic (exact) mass is 362 g/mol. The van der Waals surface area contributed by atoms with E-state index in [1.54, 1.807) is 0 Å². The van der Waals surface area contributed by atoms with Crippen LogP contribution >= 0.6 is 0 Å². The molecule has 146 valence electrons. The van der Waals surface area contributed by atoms with Crippen molar-refractivity contribution in [2.45, 2.75) is 46.6 Å². The summed E-state index contributed by atoms with van der Waals surface area (Å²) in [5.74, 6) is 1.14. The van der Waals surface area contributed by atoms with Crippen LogP contribution in [0, 0.1) is 5.92 Å². The van der Waals surface area contributed by atoms with Gasteiger partial charge in [0.2, 0.25) is 0 Å². The summed E-state index contributed by atoms with van der Waals surface area (Å²) in [7, 11) is 0. The maximum atomic E-state index is 11.9. The van der Waals surface area contributed by atoms with Gasteiger partial charge in [-0.3, -0.25) is 4.79 Å². The second-order valence-electron chi connectivity index (χ2n) is 6.30. The lowest BCUT2D eigenvalue weighted by Gasteiger charge is -2.18. The van der Waals surface area contributed by atoms with Crippen molar-refractivity contribution in [3.05, 3.63) is 35.4 Å². The van der Waals surface area contributed by atoms with Gasteiger partial charge < -0.3 is 21.1 Å². The molecule has 1 aromatic rings. The lowest BCUT2D eigenvalue weighted by Crippen LogP contribution is -2.40. The number of amides is 1. The summed E-state index contributed by atoms with van der Waals surface area (Å²) in [6.45, 7) is 9.00. The SMILES string of the molecule is CCCC(CCO)CNC(=NCc1cccc(C(=O)NCC)c1)NCC. The summed E-state index contributed by atoms with van der Waals surface area (Å²) in [6, 6.07) is 7.55. The number of benzene rings is 1. The standard InChI is InChI=1S/C20H34N4O2/c1-4-8-16(11-12-25)14-23-20(22-6-3)24-15-17-9-7-10-18(13-17)19(26)21-5-2/h7,9-10,13,16,25H,4-6,8,11-12,14-15H2,1-3H3,(H,21,26)(H2,22,23,24). The highest BCUT2D eigenvalue weighted by Gasteiger charge is 2.09. The van der Waals surface area contributed by atoms with E-state index < -0.39 is 0 Å². The van der Waals surface area contributed by atoms with Gasteiger partial charge in [0.15, 0.2) is 5.96 Å². The molecule has 0 aliphatic carbocycles. The van der Waals surface area contributed by atoms with Crippen molar-refractivity contribution in [3.8, 4) is 0 Å². The molecule has 0 aromatic heterocycles. The molecule has 1 unspecified atom stereocenters. The third-order valence-corrected chi connectivity index (χ3v) is 4.08. The molecule has 0 saturated carbocycles. The number of carbonyl (C=O) groups is 1. The molecule has 0 fully saturated rings. The number of guanidine groups is 1. The summed E-state index contributed by atoms with van der Waals surface area (Å²) in [5, 5.41) is 18.6. The minimum atomic E-state index is -0.0604. The molecular weight excluding hydrogens is 328 g/mol. The molecule has 1 amide bonds. The lowest BCUT2D eigenvalue weighted by atomic mass is 10.0. The Hall–Kier alpha value is -2.08. The van der Waals surface area contributed by atoms with Crippen molar-refractivity contribution in [1.29, 1.82) is 0 Å². The minimum Gasteiger partial charge on any atom is -0.396 e. The van der Waals surface area contributed by atoms with Gasteiger partial charge in [0.05, 0.1) is 6.54 Å². The lowest BCUT2D eigenvalue weighted by molar-refractivity contribution is 0.0955. The predicted molar refractivity (Wildman–Crippen MR) is 107 cm³/mol. The Balaban J connectivity index is 2.70. The average molecular weight is 363 g/mol. The zero-order valence-corrected chi connectivity index (χ0v) is 16.3. The average Bonchev–Trinajstić information content (AvgIpc) is 2.64. The fourth-order valence-corrected chi connectivity index (χ4v) is 2.77. The molecule has 6 nitrogen and oxygen atoms in total. The van der Waals surface area contributed by atoms with Crippen molar-refractivity contribution in [2.24, 2.45) is 10.9 Å². The zero-order chi connectivity index (χ0) is 19.2. The number of nitrogens with zero attached hydrogens (tertiary/aromatic N) is 1. The Morgan fingerprint density at radius 1 is 1.12 bits per heavy atom. The fourth-order valence-electron chi connectivity index (χ4n) is 2.77. The van der Waals surface area contributed by atoms with Crippen LogP contribution in [0.15, 0.2) is 29.3 Å². The van der Waals surface area contributed by atoms with E-state index in [4.69, 9.17) is 0 Å². The first-order valence-electron chi connectivity index (χ1n) is 9.64. The van der Waals surface area contributed by atoms with Crippen LogP contribution < -0.4 is 16.0 Å². The normalized spacial score (nSPS) is 12.5. The Labute approximate surface area is 157 Å². The molecule has 0 radical (unpaired) electrons. The van der Waals surface area contributed by atoms with Crippen LogP contribution in [-0.4, -0.2) is 43.2 Å². The van der Waals surface area contributed by atoms with E-state index in [2.05, 4.69) is 27.9 Å². The first kappa shape index (κ1) is 22.0. The highest BCUT2D eigenvalue weighted by Crippen LogP contribution is 2.10. The van der Waals surface area contributed by atoms with Gasteiger partial charge in [0.1, 0.15) is 0 Å². The summed E-state index contributed by atoms with van der Waals surface area (Å²) in [5.41, 5.74) is 1.65. The van der Waals surface area contributed by atoms with E-state index in [1.807, 2.05) is 38.1 Å². The van der Waals surface area contributed by atoms with E-state index in [-0.39, 0.29) is 12.5 Å². The van der Waals surface area contributed by atoms with Crippen LogP contribution in [0.2, 0.25) is 0 Å². The summed E-state index contributed by atoms with van der Waals surface area (Å²) in [6.07, 6.45) is 2.99. The van der Waals surface area contributed by atoms with Crippen LogP contribution in [0.5, 0.6) is 0 Å². The molecule has 26 heavy (non-hydrogen) atoms. The maximum Gasteiger partial charge on any atom is 0.251 e. The largest absolute Gasteiger partial charge is 0.396 e. The van der Waals surface area contributed by atoms with Crippen LogP contribution in [0.25, 0.3) is 0 Å². The maximum absolute atomic E-state index is 11.9. The molecule has 4 N–H and O–H groups in total. The molecule has 1 atom stereocenters. The van der Waals surface area contributed by atoms with Gasteiger partial charge in [-0.15, -0.1) is 0 Å². The van der Waals surface area contributed by atoms with Gasteiger partial charge in [-0.1, -0.05) is 25.5 Å². The molecule has 6 heteroatoms. The van der Waals surface area contributed by atoms with Crippen LogP contribution in [0.4, 0.5) is 0 Å². The van der Waals surface area contributed by atoms with Crippen molar-refractivity contribution in [3.63, 3.8) is 0 Å². The summed E-state index contributed by atoms with van der Waals surface area (Å²) < 4.78 is 0. The Morgan fingerprint density at radius 2 is 1.88 bits per heavy atom. The number of rotatable bonds is 11. The van der Waals surface area contributed by atoms with Crippen molar-refractivity contribution < 1.29 is 9.90 Å². The molecule has 1 aromatic carbocycles. The highest BCUT2D eigenvalue weighted by atomic mass is 16.3. The predicted octanol–water partition coefficient (Wildman–Crippen LogP) is 2.29. The van der Waals surface area contributed by atoms with Gasteiger partial charge in [-0.05, 0) is 50.3 Å². The highest BCUT2D eigenvalue weighted by molar-refractivity contribution is 5.94. The topological polar surface area (TPSA) is 85.8 Å². The van der Waals surface area contributed by atoms with Crippen molar-refractivity contribution in [1.82, 2.24) is 16.0 Å². The third-order valence-electron chi connectivity index (χ3n) is 4.08. The Kier molecular flexibility index (Phi) is 11.1. The van der Waals surface area contributed by atoms with E-state index in [9.17, 15) is 9.90 Å². The number of hydrogen-bond donors (Lipinski definition) is 4. The third kappa shape index (κ3) is 8.34. The number of aliphatic imine (C=N–C) groups is 1. The number of aliphatic hydroxyl groups excluding tert-OH is 1. The first-order chi connectivity index (χ1) is 12.6. The smallest absolute Gasteiger partial charge is 0.251 e. The summed E-state index contributed by atoms with van der Waals surface area (Å²) >= 11 is 0. The van der Waals surface area contributed by atoms with Gasteiger partial charge in [0, 0.05) is 31.8 Å². The van der Waals surface area contributed by atoms with E-state index in [0.717, 1.165) is 43.9 Å². The number of nitrogens with one attached hydrogen (secondary N) is 3. The van der Waals surface area contributed by atoms with Crippen LogP contribution in [0.1, 0.15) is 56.0 Å². The van der Waals surface area contributed by atoms with Gasteiger partial charge >= 0.3 is 0 Å². The second kappa shape index (κ2) is 13.2. The van der Waals surface area contributed by atoms with E-state index in [0.29, 0.717) is 24.6 Å². The Morgan fingerprint density at radius 3 is 2.54 bits per heavy atom. The van der Waals surface area contributed by atoms with Gasteiger partial charge in [0.25, 0.3) is 5.91 Å². The molecule has 0 heterocycles.